The van der Waals surface area contributed by atoms with Crippen LogP contribution in [-0.2, 0) is 0 Å². The summed E-state index contributed by atoms with van der Waals surface area (Å²) in [6.45, 7) is 7.65. The molecule has 1 aliphatic carbocycles. The molecule has 1 aromatic rings. The predicted octanol–water partition coefficient (Wildman–Crippen LogP) is 2.84. The van der Waals surface area contributed by atoms with E-state index in [1.807, 2.05) is 6.92 Å². The van der Waals surface area contributed by atoms with E-state index in [4.69, 9.17) is 4.74 Å². The first kappa shape index (κ1) is 14.8. The van der Waals surface area contributed by atoms with E-state index >= 15 is 0 Å². The Kier molecular flexibility index (Phi) is 4.98. The minimum absolute atomic E-state index is 0.0901. The molecule has 1 saturated carbocycles. The molecule has 6 nitrogen and oxygen atoms in total. The Morgan fingerprint density at radius 1 is 1.10 bits per heavy atom. The zero-order chi connectivity index (χ0) is 14.4. The van der Waals surface area contributed by atoms with E-state index in [9.17, 15) is 0 Å². The number of ether oxygens (including phenoxy) is 1. The van der Waals surface area contributed by atoms with Gasteiger partial charge in [0, 0.05) is 12.1 Å². The third-order valence-corrected chi connectivity index (χ3v) is 3.54. The van der Waals surface area contributed by atoms with Crippen LogP contribution in [0.3, 0.4) is 0 Å². The molecule has 2 N–H and O–H groups in total. The minimum atomic E-state index is 0.0901. The van der Waals surface area contributed by atoms with Crippen LogP contribution in [0.25, 0.3) is 0 Å². The number of hydrogen-bond donors (Lipinski definition) is 2. The van der Waals surface area contributed by atoms with Gasteiger partial charge in [0.1, 0.15) is 0 Å². The lowest BCUT2D eigenvalue weighted by molar-refractivity contribution is 0.312. The molecule has 0 saturated heterocycles. The number of rotatable bonds is 7. The van der Waals surface area contributed by atoms with Crippen molar-refractivity contribution in [3.63, 3.8) is 0 Å². The molecule has 1 heterocycles. The molecule has 112 valence electrons. The standard InChI is InChI=1S/C14H25N5O/c1-4-10-15-11-16-12(18-13(17-11)20-5-2)19-14(3)8-6-7-9-14/h4-10H2,1-3H3,(H2,15,16,17,18,19). The second kappa shape index (κ2) is 6.72. The van der Waals surface area contributed by atoms with E-state index in [0.717, 1.165) is 25.8 Å². The van der Waals surface area contributed by atoms with Gasteiger partial charge >= 0.3 is 6.01 Å². The lowest BCUT2D eigenvalue weighted by Crippen LogP contribution is -2.32. The molecule has 20 heavy (non-hydrogen) atoms. The fraction of sp³-hybridized carbons (Fsp3) is 0.786. The lowest BCUT2D eigenvalue weighted by Gasteiger charge is -2.25. The molecule has 1 aliphatic rings. The van der Waals surface area contributed by atoms with Gasteiger partial charge < -0.3 is 15.4 Å². The normalized spacial score (nSPS) is 16.9. The van der Waals surface area contributed by atoms with Crippen molar-refractivity contribution in [3.8, 4) is 6.01 Å². The topological polar surface area (TPSA) is 72.0 Å². The van der Waals surface area contributed by atoms with Crippen LogP contribution in [0.4, 0.5) is 11.9 Å². The van der Waals surface area contributed by atoms with Gasteiger partial charge in [0.2, 0.25) is 11.9 Å². The molecule has 0 aromatic carbocycles. The molecule has 0 unspecified atom stereocenters. The van der Waals surface area contributed by atoms with Gasteiger partial charge in [0.25, 0.3) is 0 Å². The van der Waals surface area contributed by atoms with Gasteiger partial charge in [-0.3, -0.25) is 0 Å². The predicted molar refractivity (Wildman–Crippen MR) is 80.3 cm³/mol. The van der Waals surface area contributed by atoms with Crippen molar-refractivity contribution in [2.24, 2.45) is 0 Å². The first-order chi connectivity index (χ1) is 9.65. The van der Waals surface area contributed by atoms with Crippen molar-refractivity contribution < 1.29 is 4.74 Å². The molecule has 0 spiro atoms. The SMILES string of the molecule is CCCNc1nc(NC2(C)CCCC2)nc(OCC)n1. The van der Waals surface area contributed by atoms with E-state index in [0.29, 0.717) is 24.5 Å². The molecule has 0 aliphatic heterocycles. The molecule has 2 rings (SSSR count). The fourth-order valence-corrected chi connectivity index (χ4v) is 2.47. The average molecular weight is 279 g/mol. The molecule has 0 atom stereocenters. The molecule has 0 amide bonds. The Hall–Kier alpha value is -1.59. The molecule has 1 fully saturated rings. The minimum Gasteiger partial charge on any atom is -0.464 e. The lowest BCUT2D eigenvalue weighted by atomic mass is 10.0. The summed E-state index contributed by atoms with van der Waals surface area (Å²) in [5.74, 6) is 1.18. The monoisotopic (exact) mass is 279 g/mol. The highest BCUT2D eigenvalue weighted by Crippen LogP contribution is 2.32. The van der Waals surface area contributed by atoms with Crippen molar-refractivity contribution in [1.29, 1.82) is 0 Å². The maximum absolute atomic E-state index is 5.42. The van der Waals surface area contributed by atoms with Crippen molar-refractivity contribution in [2.45, 2.75) is 58.4 Å². The number of aromatic nitrogens is 3. The zero-order valence-corrected chi connectivity index (χ0v) is 12.7. The summed E-state index contributed by atoms with van der Waals surface area (Å²) in [6.07, 6.45) is 5.85. The highest BCUT2D eigenvalue weighted by molar-refractivity contribution is 5.38. The van der Waals surface area contributed by atoms with Crippen molar-refractivity contribution in [3.05, 3.63) is 0 Å². The number of nitrogens with one attached hydrogen (secondary N) is 2. The second-order valence-corrected chi connectivity index (χ2v) is 5.52. The Balaban J connectivity index is 2.14. The van der Waals surface area contributed by atoms with E-state index in [1.165, 1.54) is 12.8 Å². The van der Waals surface area contributed by atoms with Gasteiger partial charge in [0.15, 0.2) is 0 Å². The maximum Gasteiger partial charge on any atom is 0.323 e. The Morgan fingerprint density at radius 3 is 2.45 bits per heavy atom. The van der Waals surface area contributed by atoms with Gasteiger partial charge in [0.05, 0.1) is 6.61 Å². The van der Waals surface area contributed by atoms with Crippen molar-refractivity contribution in [2.75, 3.05) is 23.8 Å². The third kappa shape index (κ3) is 3.95. The van der Waals surface area contributed by atoms with Crippen LogP contribution in [0.2, 0.25) is 0 Å². The van der Waals surface area contributed by atoms with Crippen molar-refractivity contribution >= 4 is 11.9 Å². The molecule has 0 radical (unpaired) electrons. The van der Waals surface area contributed by atoms with Crippen LogP contribution in [0, 0.1) is 0 Å². The summed E-state index contributed by atoms with van der Waals surface area (Å²) in [5.41, 5.74) is 0.0901. The number of nitrogens with zero attached hydrogens (tertiary/aromatic N) is 3. The van der Waals surface area contributed by atoms with Crippen LogP contribution in [0.5, 0.6) is 6.01 Å². The van der Waals surface area contributed by atoms with Crippen LogP contribution in [0.1, 0.15) is 52.9 Å². The Bertz CT molecular complexity index is 432. The van der Waals surface area contributed by atoms with Gasteiger partial charge in [-0.1, -0.05) is 19.8 Å². The van der Waals surface area contributed by atoms with Crippen LogP contribution < -0.4 is 15.4 Å². The highest BCUT2D eigenvalue weighted by atomic mass is 16.5. The molecular weight excluding hydrogens is 254 g/mol. The smallest absolute Gasteiger partial charge is 0.323 e. The molecular formula is C14H25N5O. The van der Waals surface area contributed by atoms with E-state index in [2.05, 4.69) is 39.4 Å². The Labute approximate surface area is 120 Å². The summed E-state index contributed by atoms with van der Waals surface area (Å²) in [7, 11) is 0. The summed E-state index contributed by atoms with van der Waals surface area (Å²) < 4.78 is 5.42. The van der Waals surface area contributed by atoms with E-state index in [1.54, 1.807) is 0 Å². The summed E-state index contributed by atoms with van der Waals surface area (Å²) in [4.78, 5) is 13.0. The van der Waals surface area contributed by atoms with Gasteiger partial charge in [-0.2, -0.15) is 15.0 Å². The van der Waals surface area contributed by atoms with Gasteiger partial charge in [-0.15, -0.1) is 0 Å². The molecule has 6 heteroatoms. The summed E-state index contributed by atoms with van der Waals surface area (Å²) in [5, 5.41) is 6.64. The van der Waals surface area contributed by atoms with Crippen LogP contribution >= 0.6 is 0 Å². The fourth-order valence-electron chi connectivity index (χ4n) is 2.47. The first-order valence-electron chi connectivity index (χ1n) is 7.56. The largest absolute Gasteiger partial charge is 0.464 e. The van der Waals surface area contributed by atoms with Crippen LogP contribution in [-0.4, -0.2) is 33.6 Å². The summed E-state index contributed by atoms with van der Waals surface area (Å²) >= 11 is 0. The molecule has 0 bridgehead atoms. The maximum atomic E-state index is 5.42. The number of anilines is 2. The van der Waals surface area contributed by atoms with Crippen molar-refractivity contribution in [1.82, 2.24) is 15.0 Å². The zero-order valence-electron chi connectivity index (χ0n) is 12.7. The highest BCUT2D eigenvalue weighted by Gasteiger charge is 2.29. The van der Waals surface area contributed by atoms with Gasteiger partial charge in [-0.25, -0.2) is 0 Å². The second-order valence-electron chi connectivity index (χ2n) is 5.52. The van der Waals surface area contributed by atoms with Crippen LogP contribution in [0.15, 0.2) is 0 Å². The first-order valence-corrected chi connectivity index (χ1v) is 7.56. The van der Waals surface area contributed by atoms with Gasteiger partial charge in [-0.05, 0) is 33.1 Å². The molecule has 1 aromatic heterocycles. The quantitative estimate of drug-likeness (QED) is 0.799. The van der Waals surface area contributed by atoms with E-state index < -0.39 is 0 Å². The average Bonchev–Trinajstić information content (AvgIpc) is 2.83. The summed E-state index contributed by atoms with van der Waals surface area (Å²) in [6, 6.07) is 0.380. The number of hydrogen-bond acceptors (Lipinski definition) is 6. The van der Waals surface area contributed by atoms with E-state index in [-0.39, 0.29) is 5.54 Å². The Morgan fingerprint density at radius 2 is 1.80 bits per heavy atom. The third-order valence-electron chi connectivity index (χ3n) is 3.54.